The third kappa shape index (κ3) is 2.08. The number of rotatable bonds is 4. The standard InChI is InChI=1S/C13H16N2O/c1-3-15-12(10-13(14-15)16-4-2)11-8-6-5-7-9-11/h5-10H,3-4H2,1-2H3. The van der Waals surface area contributed by atoms with Crippen LogP contribution in [0.5, 0.6) is 5.88 Å². The number of aromatic nitrogens is 2. The van der Waals surface area contributed by atoms with Gasteiger partial charge in [-0.05, 0) is 19.4 Å². The molecule has 3 nitrogen and oxygen atoms in total. The molecule has 16 heavy (non-hydrogen) atoms. The van der Waals surface area contributed by atoms with Gasteiger partial charge in [0.1, 0.15) is 0 Å². The number of hydrogen-bond acceptors (Lipinski definition) is 2. The Morgan fingerprint density at radius 2 is 1.94 bits per heavy atom. The molecule has 0 saturated carbocycles. The van der Waals surface area contributed by atoms with Gasteiger partial charge < -0.3 is 4.74 Å². The number of benzene rings is 1. The summed E-state index contributed by atoms with van der Waals surface area (Å²) in [7, 11) is 0. The largest absolute Gasteiger partial charge is 0.477 e. The van der Waals surface area contributed by atoms with Gasteiger partial charge >= 0.3 is 0 Å². The van der Waals surface area contributed by atoms with Crippen molar-refractivity contribution >= 4 is 0 Å². The fourth-order valence-corrected chi connectivity index (χ4v) is 1.69. The minimum Gasteiger partial charge on any atom is -0.477 e. The summed E-state index contributed by atoms with van der Waals surface area (Å²) >= 11 is 0. The lowest BCUT2D eigenvalue weighted by Crippen LogP contribution is -1.99. The van der Waals surface area contributed by atoms with Crippen molar-refractivity contribution in [1.82, 2.24) is 9.78 Å². The van der Waals surface area contributed by atoms with Crippen molar-refractivity contribution in [1.29, 1.82) is 0 Å². The van der Waals surface area contributed by atoms with Gasteiger partial charge in [0.25, 0.3) is 0 Å². The van der Waals surface area contributed by atoms with E-state index >= 15 is 0 Å². The van der Waals surface area contributed by atoms with Gasteiger partial charge in [0.05, 0.1) is 12.3 Å². The van der Waals surface area contributed by atoms with Crippen LogP contribution in [-0.4, -0.2) is 16.4 Å². The summed E-state index contributed by atoms with van der Waals surface area (Å²) in [6, 6.07) is 12.2. The highest BCUT2D eigenvalue weighted by atomic mass is 16.5. The lowest BCUT2D eigenvalue weighted by molar-refractivity contribution is 0.322. The molecule has 0 aliphatic heterocycles. The van der Waals surface area contributed by atoms with Crippen LogP contribution in [0.1, 0.15) is 13.8 Å². The van der Waals surface area contributed by atoms with Crippen LogP contribution < -0.4 is 4.74 Å². The zero-order valence-corrected chi connectivity index (χ0v) is 9.68. The molecule has 2 rings (SSSR count). The Bertz CT molecular complexity index is 448. The van der Waals surface area contributed by atoms with Crippen LogP contribution in [0, 0.1) is 0 Å². The van der Waals surface area contributed by atoms with Crippen LogP contribution >= 0.6 is 0 Å². The fraction of sp³-hybridized carbons (Fsp3) is 0.308. The number of nitrogens with zero attached hydrogens (tertiary/aromatic N) is 2. The minimum atomic E-state index is 0.648. The van der Waals surface area contributed by atoms with Crippen LogP contribution in [-0.2, 0) is 6.54 Å². The first-order valence-corrected chi connectivity index (χ1v) is 5.61. The topological polar surface area (TPSA) is 27.1 Å². The second-order valence-corrected chi connectivity index (χ2v) is 3.48. The van der Waals surface area contributed by atoms with Crippen molar-refractivity contribution in [2.45, 2.75) is 20.4 Å². The van der Waals surface area contributed by atoms with E-state index in [4.69, 9.17) is 4.74 Å². The Morgan fingerprint density at radius 1 is 1.19 bits per heavy atom. The van der Waals surface area contributed by atoms with E-state index in [2.05, 4.69) is 24.2 Å². The molecule has 0 amide bonds. The van der Waals surface area contributed by atoms with Gasteiger partial charge in [-0.2, -0.15) is 0 Å². The summed E-state index contributed by atoms with van der Waals surface area (Å²) in [6.07, 6.45) is 0. The maximum atomic E-state index is 5.42. The summed E-state index contributed by atoms with van der Waals surface area (Å²) in [5, 5.41) is 4.39. The van der Waals surface area contributed by atoms with Gasteiger partial charge in [-0.15, -0.1) is 5.10 Å². The van der Waals surface area contributed by atoms with E-state index < -0.39 is 0 Å². The predicted molar refractivity (Wildman–Crippen MR) is 64.5 cm³/mol. The van der Waals surface area contributed by atoms with Crippen LogP contribution in [0.4, 0.5) is 0 Å². The Kier molecular flexibility index (Phi) is 3.25. The van der Waals surface area contributed by atoms with Gasteiger partial charge in [-0.3, -0.25) is 4.68 Å². The van der Waals surface area contributed by atoms with Crippen LogP contribution in [0.25, 0.3) is 11.3 Å². The molecule has 0 aliphatic rings. The normalized spacial score (nSPS) is 10.4. The molecular formula is C13H16N2O. The molecule has 3 heteroatoms. The molecular weight excluding hydrogens is 200 g/mol. The zero-order valence-electron chi connectivity index (χ0n) is 9.68. The van der Waals surface area contributed by atoms with Crippen molar-refractivity contribution in [2.24, 2.45) is 0 Å². The SMILES string of the molecule is CCOc1cc(-c2ccccc2)n(CC)n1. The van der Waals surface area contributed by atoms with Gasteiger partial charge in [-0.25, -0.2) is 0 Å². The average molecular weight is 216 g/mol. The van der Waals surface area contributed by atoms with Crippen molar-refractivity contribution < 1.29 is 4.74 Å². The Morgan fingerprint density at radius 3 is 2.56 bits per heavy atom. The highest BCUT2D eigenvalue weighted by Gasteiger charge is 2.08. The summed E-state index contributed by atoms with van der Waals surface area (Å²) < 4.78 is 7.38. The molecule has 0 radical (unpaired) electrons. The van der Waals surface area contributed by atoms with Crippen molar-refractivity contribution in [3.05, 3.63) is 36.4 Å². The Hall–Kier alpha value is -1.77. The number of aryl methyl sites for hydroxylation is 1. The maximum absolute atomic E-state index is 5.42. The van der Waals surface area contributed by atoms with Gasteiger partial charge in [0.2, 0.25) is 5.88 Å². The van der Waals surface area contributed by atoms with E-state index in [1.807, 2.05) is 35.9 Å². The quantitative estimate of drug-likeness (QED) is 0.785. The monoisotopic (exact) mass is 216 g/mol. The second kappa shape index (κ2) is 4.84. The van der Waals surface area contributed by atoms with E-state index in [9.17, 15) is 0 Å². The number of hydrogen-bond donors (Lipinski definition) is 0. The second-order valence-electron chi connectivity index (χ2n) is 3.48. The molecule has 1 aromatic carbocycles. The third-order valence-electron chi connectivity index (χ3n) is 2.42. The Balaban J connectivity index is 2.39. The molecule has 0 spiro atoms. The summed E-state index contributed by atoms with van der Waals surface area (Å²) in [5.41, 5.74) is 2.27. The van der Waals surface area contributed by atoms with E-state index in [0.29, 0.717) is 12.5 Å². The average Bonchev–Trinajstić information content (AvgIpc) is 2.74. The molecule has 1 heterocycles. The molecule has 84 valence electrons. The molecule has 0 fully saturated rings. The first kappa shape index (κ1) is 10.7. The smallest absolute Gasteiger partial charge is 0.233 e. The summed E-state index contributed by atoms with van der Waals surface area (Å²) in [6.45, 7) is 5.54. The van der Waals surface area contributed by atoms with Crippen LogP contribution in [0.3, 0.4) is 0 Å². The van der Waals surface area contributed by atoms with E-state index in [1.54, 1.807) is 0 Å². The zero-order chi connectivity index (χ0) is 11.4. The molecule has 0 N–H and O–H groups in total. The van der Waals surface area contributed by atoms with Crippen LogP contribution in [0.15, 0.2) is 36.4 Å². The number of ether oxygens (including phenoxy) is 1. The molecule has 2 aromatic rings. The maximum Gasteiger partial charge on any atom is 0.233 e. The first-order chi connectivity index (χ1) is 7.85. The van der Waals surface area contributed by atoms with E-state index in [-0.39, 0.29) is 0 Å². The van der Waals surface area contributed by atoms with Gasteiger partial charge in [0, 0.05) is 12.6 Å². The Labute approximate surface area is 95.7 Å². The summed E-state index contributed by atoms with van der Waals surface area (Å²) in [4.78, 5) is 0. The van der Waals surface area contributed by atoms with E-state index in [0.717, 1.165) is 12.2 Å². The first-order valence-electron chi connectivity index (χ1n) is 5.61. The third-order valence-corrected chi connectivity index (χ3v) is 2.42. The van der Waals surface area contributed by atoms with Crippen molar-refractivity contribution in [2.75, 3.05) is 6.61 Å². The predicted octanol–water partition coefficient (Wildman–Crippen LogP) is 2.97. The fourth-order valence-electron chi connectivity index (χ4n) is 1.69. The lowest BCUT2D eigenvalue weighted by atomic mass is 10.1. The molecule has 0 bridgehead atoms. The van der Waals surface area contributed by atoms with Gasteiger partial charge in [0.15, 0.2) is 0 Å². The lowest BCUT2D eigenvalue weighted by Gasteiger charge is -2.02. The highest BCUT2D eigenvalue weighted by Crippen LogP contribution is 2.23. The van der Waals surface area contributed by atoms with E-state index in [1.165, 1.54) is 5.56 Å². The van der Waals surface area contributed by atoms with Crippen molar-refractivity contribution in [3.63, 3.8) is 0 Å². The highest BCUT2D eigenvalue weighted by molar-refractivity contribution is 5.60. The summed E-state index contributed by atoms with van der Waals surface area (Å²) in [5.74, 6) is 0.697. The molecule has 0 atom stereocenters. The molecule has 1 aromatic heterocycles. The van der Waals surface area contributed by atoms with Gasteiger partial charge in [-0.1, -0.05) is 30.3 Å². The van der Waals surface area contributed by atoms with Crippen LogP contribution in [0.2, 0.25) is 0 Å². The molecule has 0 unspecified atom stereocenters. The minimum absolute atomic E-state index is 0.648. The molecule has 0 saturated heterocycles. The van der Waals surface area contributed by atoms with Crippen molar-refractivity contribution in [3.8, 4) is 17.1 Å². The molecule has 0 aliphatic carbocycles.